The smallest absolute Gasteiger partial charge is 0.239 e. The number of nitrogens with zero attached hydrogens (tertiary/aromatic N) is 1. The highest BCUT2D eigenvalue weighted by molar-refractivity contribution is 5.81. The molecule has 1 rings (SSSR count). The number of carbonyl (C=O) groups is 1. The number of carbonyl (C=O) groups excluding carboxylic acids is 1. The lowest BCUT2D eigenvalue weighted by molar-refractivity contribution is -0.119. The first-order chi connectivity index (χ1) is 9.13. The van der Waals surface area contributed by atoms with Crippen LogP contribution in [0.2, 0.25) is 0 Å². The van der Waals surface area contributed by atoms with Gasteiger partial charge in [0.25, 0.3) is 0 Å². The van der Waals surface area contributed by atoms with Crippen LogP contribution in [0.1, 0.15) is 18.9 Å². The summed E-state index contributed by atoms with van der Waals surface area (Å²) >= 11 is 0. The van der Waals surface area contributed by atoms with Gasteiger partial charge in [0, 0.05) is 20.1 Å². The van der Waals surface area contributed by atoms with Gasteiger partial charge < -0.3 is 15.5 Å². The fraction of sp³-hybridized carbons (Fsp3) is 0.500. The summed E-state index contributed by atoms with van der Waals surface area (Å²) in [5.74, 6) is -0.405. The Labute approximate surface area is 114 Å². The fourth-order valence-electron chi connectivity index (χ4n) is 2.04. The molecule has 0 aliphatic carbocycles. The predicted molar refractivity (Wildman–Crippen MR) is 75.7 cm³/mol. The van der Waals surface area contributed by atoms with Crippen LogP contribution < -0.4 is 15.5 Å². The summed E-state index contributed by atoms with van der Waals surface area (Å²) in [5, 5.41) is 5.60. The number of amides is 1. The van der Waals surface area contributed by atoms with Gasteiger partial charge in [-0.05, 0) is 25.1 Å². The van der Waals surface area contributed by atoms with Crippen molar-refractivity contribution in [1.29, 1.82) is 0 Å². The minimum absolute atomic E-state index is 0.118. The summed E-state index contributed by atoms with van der Waals surface area (Å²) in [5.41, 5.74) is 1.38. The standard InChI is InChI=1S/C14H22FN3O/c1-4-8-18(10-13(19)17-3)14-11(9-16-2)6-5-7-12(14)15/h5-7,16H,4,8-10H2,1-3H3,(H,17,19). The second-order valence-electron chi connectivity index (χ2n) is 4.37. The first-order valence-corrected chi connectivity index (χ1v) is 6.51. The van der Waals surface area contributed by atoms with Crippen LogP contribution in [0.5, 0.6) is 0 Å². The number of hydrogen-bond acceptors (Lipinski definition) is 3. The zero-order valence-corrected chi connectivity index (χ0v) is 11.8. The average molecular weight is 267 g/mol. The van der Waals surface area contributed by atoms with Crippen molar-refractivity contribution in [3.05, 3.63) is 29.6 Å². The first kappa shape index (κ1) is 15.4. The molecule has 0 spiro atoms. The highest BCUT2D eigenvalue weighted by Crippen LogP contribution is 2.24. The summed E-state index contributed by atoms with van der Waals surface area (Å²) in [6, 6.07) is 5.00. The van der Waals surface area contributed by atoms with E-state index in [2.05, 4.69) is 10.6 Å². The van der Waals surface area contributed by atoms with E-state index in [0.717, 1.165) is 12.0 Å². The van der Waals surface area contributed by atoms with Crippen molar-refractivity contribution in [1.82, 2.24) is 10.6 Å². The van der Waals surface area contributed by atoms with Crippen molar-refractivity contribution < 1.29 is 9.18 Å². The van der Waals surface area contributed by atoms with Gasteiger partial charge in [0.1, 0.15) is 5.82 Å². The third kappa shape index (κ3) is 4.21. The van der Waals surface area contributed by atoms with Gasteiger partial charge in [-0.25, -0.2) is 4.39 Å². The van der Waals surface area contributed by atoms with Gasteiger partial charge in [0.15, 0.2) is 0 Å². The summed E-state index contributed by atoms with van der Waals surface area (Å²) in [7, 11) is 3.40. The maximum Gasteiger partial charge on any atom is 0.239 e. The van der Waals surface area contributed by atoms with Crippen LogP contribution in [0, 0.1) is 5.82 Å². The number of rotatable bonds is 7. The molecule has 1 aromatic rings. The number of para-hydroxylation sites is 1. The molecule has 0 saturated heterocycles. The van der Waals surface area contributed by atoms with Gasteiger partial charge in [0.05, 0.1) is 12.2 Å². The molecule has 4 nitrogen and oxygen atoms in total. The van der Waals surface area contributed by atoms with Crippen LogP contribution in [0.3, 0.4) is 0 Å². The molecule has 5 heteroatoms. The number of anilines is 1. The molecule has 0 aliphatic heterocycles. The molecule has 0 bridgehead atoms. The van der Waals surface area contributed by atoms with Crippen LogP contribution in [0.15, 0.2) is 18.2 Å². The monoisotopic (exact) mass is 267 g/mol. The second kappa shape index (κ2) is 7.74. The lowest BCUT2D eigenvalue weighted by atomic mass is 10.1. The number of likely N-dealkylation sites (N-methyl/N-ethyl adjacent to an activating group) is 1. The topological polar surface area (TPSA) is 44.4 Å². The van der Waals surface area contributed by atoms with Crippen molar-refractivity contribution in [3.8, 4) is 0 Å². The van der Waals surface area contributed by atoms with Crippen molar-refractivity contribution >= 4 is 11.6 Å². The van der Waals surface area contributed by atoms with Gasteiger partial charge >= 0.3 is 0 Å². The summed E-state index contributed by atoms with van der Waals surface area (Å²) in [4.78, 5) is 13.4. The van der Waals surface area contributed by atoms with Crippen molar-refractivity contribution in [2.24, 2.45) is 0 Å². The van der Waals surface area contributed by atoms with E-state index in [1.165, 1.54) is 6.07 Å². The van der Waals surface area contributed by atoms with Gasteiger partial charge in [0.2, 0.25) is 5.91 Å². The highest BCUT2D eigenvalue weighted by atomic mass is 19.1. The number of benzene rings is 1. The van der Waals surface area contributed by atoms with Crippen LogP contribution in [0.4, 0.5) is 10.1 Å². The molecule has 0 fully saturated rings. The molecule has 0 unspecified atom stereocenters. The normalized spacial score (nSPS) is 10.3. The Morgan fingerprint density at radius 2 is 2.11 bits per heavy atom. The van der Waals surface area contributed by atoms with Crippen molar-refractivity contribution in [2.45, 2.75) is 19.9 Å². The largest absolute Gasteiger partial charge is 0.360 e. The second-order valence-corrected chi connectivity index (χ2v) is 4.37. The predicted octanol–water partition coefficient (Wildman–Crippen LogP) is 1.51. The zero-order chi connectivity index (χ0) is 14.3. The molecule has 0 aromatic heterocycles. The van der Waals surface area contributed by atoms with Gasteiger partial charge in [-0.15, -0.1) is 0 Å². The molecule has 106 valence electrons. The van der Waals surface area contributed by atoms with Crippen LogP contribution in [0.25, 0.3) is 0 Å². The molecular formula is C14H22FN3O. The van der Waals surface area contributed by atoms with Gasteiger partial charge in [-0.1, -0.05) is 19.1 Å². The maximum absolute atomic E-state index is 14.1. The molecule has 19 heavy (non-hydrogen) atoms. The Kier molecular flexibility index (Phi) is 6.29. The Balaban J connectivity index is 3.09. The molecule has 0 aliphatic rings. The van der Waals surface area contributed by atoms with E-state index in [-0.39, 0.29) is 18.3 Å². The quantitative estimate of drug-likeness (QED) is 0.787. The van der Waals surface area contributed by atoms with E-state index < -0.39 is 0 Å². The molecular weight excluding hydrogens is 245 g/mol. The third-order valence-electron chi connectivity index (χ3n) is 2.86. The lowest BCUT2D eigenvalue weighted by Gasteiger charge is -2.26. The zero-order valence-electron chi connectivity index (χ0n) is 11.8. The number of halogens is 1. The van der Waals surface area contributed by atoms with E-state index >= 15 is 0 Å². The molecule has 0 radical (unpaired) electrons. The Morgan fingerprint density at radius 3 is 2.68 bits per heavy atom. The van der Waals surface area contributed by atoms with Crippen molar-refractivity contribution in [3.63, 3.8) is 0 Å². The van der Waals surface area contributed by atoms with Crippen LogP contribution in [-0.2, 0) is 11.3 Å². The minimum Gasteiger partial charge on any atom is -0.360 e. The molecule has 0 heterocycles. The maximum atomic E-state index is 14.1. The minimum atomic E-state index is -0.287. The highest BCUT2D eigenvalue weighted by Gasteiger charge is 2.17. The van der Waals surface area contributed by atoms with E-state index in [9.17, 15) is 9.18 Å². The first-order valence-electron chi connectivity index (χ1n) is 6.51. The Bertz CT molecular complexity index is 423. The Morgan fingerprint density at radius 1 is 1.37 bits per heavy atom. The fourth-order valence-corrected chi connectivity index (χ4v) is 2.04. The molecule has 0 saturated carbocycles. The van der Waals surface area contributed by atoms with Crippen LogP contribution >= 0.6 is 0 Å². The van der Waals surface area contributed by atoms with E-state index in [1.54, 1.807) is 18.0 Å². The van der Waals surface area contributed by atoms with Crippen LogP contribution in [-0.4, -0.2) is 33.1 Å². The van der Waals surface area contributed by atoms with Gasteiger partial charge in [-0.2, -0.15) is 0 Å². The lowest BCUT2D eigenvalue weighted by Crippen LogP contribution is -2.37. The van der Waals surface area contributed by atoms with E-state index in [4.69, 9.17) is 0 Å². The average Bonchev–Trinajstić information content (AvgIpc) is 2.39. The van der Waals surface area contributed by atoms with Crippen molar-refractivity contribution in [2.75, 3.05) is 32.1 Å². The molecule has 0 atom stereocenters. The number of nitrogens with one attached hydrogen (secondary N) is 2. The SMILES string of the molecule is CCCN(CC(=O)NC)c1c(F)cccc1CNC. The molecule has 2 N–H and O–H groups in total. The Hall–Kier alpha value is -1.62. The van der Waals surface area contributed by atoms with E-state index in [0.29, 0.717) is 18.8 Å². The number of hydrogen-bond donors (Lipinski definition) is 2. The summed E-state index contributed by atoms with van der Waals surface area (Å²) in [6.07, 6.45) is 0.852. The van der Waals surface area contributed by atoms with Gasteiger partial charge in [-0.3, -0.25) is 4.79 Å². The molecule has 1 aromatic carbocycles. The van der Waals surface area contributed by atoms with E-state index in [1.807, 2.05) is 20.0 Å². The molecule has 1 amide bonds. The third-order valence-corrected chi connectivity index (χ3v) is 2.86. The summed E-state index contributed by atoms with van der Waals surface area (Å²) in [6.45, 7) is 3.39. The summed E-state index contributed by atoms with van der Waals surface area (Å²) < 4.78 is 14.1.